The van der Waals surface area contributed by atoms with E-state index in [0.29, 0.717) is 16.9 Å². The molecule has 0 unspecified atom stereocenters. The molecule has 7 heteroatoms. The van der Waals surface area contributed by atoms with Crippen molar-refractivity contribution in [3.8, 4) is 0 Å². The Morgan fingerprint density at radius 1 is 1.18 bits per heavy atom. The summed E-state index contributed by atoms with van der Waals surface area (Å²) in [5, 5.41) is 11.0. The second-order valence-corrected chi connectivity index (χ2v) is 6.07. The number of carbonyl (C=O) groups is 2. The van der Waals surface area contributed by atoms with Crippen LogP contribution in [-0.4, -0.2) is 23.4 Å². The van der Waals surface area contributed by atoms with E-state index in [-0.39, 0.29) is 23.4 Å². The molecule has 1 amide bonds. The number of para-hydroxylation sites is 1. The maximum atomic E-state index is 13.1. The third-order valence-corrected chi connectivity index (χ3v) is 4.29. The second kappa shape index (κ2) is 7.87. The molecule has 1 aliphatic rings. The molecule has 7 nitrogen and oxygen atoms in total. The van der Waals surface area contributed by atoms with E-state index in [1.54, 1.807) is 44.2 Å². The summed E-state index contributed by atoms with van der Waals surface area (Å²) >= 11 is 0. The van der Waals surface area contributed by atoms with Crippen LogP contribution < -0.4 is 4.90 Å². The fourth-order valence-corrected chi connectivity index (χ4v) is 3.06. The van der Waals surface area contributed by atoms with Crippen LogP contribution in [0.5, 0.6) is 0 Å². The summed E-state index contributed by atoms with van der Waals surface area (Å²) in [5.74, 6) is -0.998. The molecule has 0 atom stereocenters. The van der Waals surface area contributed by atoms with Gasteiger partial charge in [0, 0.05) is 23.5 Å². The molecule has 0 saturated heterocycles. The van der Waals surface area contributed by atoms with Gasteiger partial charge in [0.1, 0.15) is 0 Å². The monoisotopic (exact) mass is 378 g/mol. The van der Waals surface area contributed by atoms with Crippen LogP contribution >= 0.6 is 0 Å². The number of rotatable bonds is 5. The largest absolute Gasteiger partial charge is 0.462 e. The first-order chi connectivity index (χ1) is 13.4. The van der Waals surface area contributed by atoms with Crippen molar-refractivity contribution < 1.29 is 19.2 Å². The van der Waals surface area contributed by atoms with Gasteiger partial charge in [0.25, 0.3) is 11.6 Å². The molecule has 2 aromatic carbocycles. The van der Waals surface area contributed by atoms with Crippen molar-refractivity contribution in [1.82, 2.24) is 0 Å². The van der Waals surface area contributed by atoms with E-state index in [2.05, 4.69) is 0 Å². The van der Waals surface area contributed by atoms with Gasteiger partial charge in [-0.3, -0.25) is 19.8 Å². The number of allylic oxidation sites excluding steroid dienone is 1. The summed E-state index contributed by atoms with van der Waals surface area (Å²) in [4.78, 5) is 37.6. The van der Waals surface area contributed by atoms with Crippen molar-refractivity contribution in [2.75, 3.05) is 11.5 Å². The number of nitro benzene ring substituents is 1. The van der Waals surface area contributed by atoms with E-state index in [9.17, 15) is 19.7 Å². The number of carbonyl (C=O) groups excluding carboxylic acids is 2. The van der Waals surface area contributed by atoms with E-state index in [0.717, 1.165) is 0 Å². The Labute approximate surface area is 161 Å². The third kappa shape index (κ3) is 3.55. The lowest BCUT2D eigenvalue weighted by atomic mass is 10.0. The van der Waals surface area contributed by atoms with Gasteiger partial charge < -0.3 is 4.74 Å². The molecule has 0 aromatic heterocycles. The van der Waals surface area contributed by atoms with Crippen LogP contribution in [0, 0.1) is 10.1 Å². The van der Waals surface area contributed by atoms with Crippen molar-refractivity contribution in [1.29, 1.82) is 0 Å². The number of benzene rings is 2. The first-order valence-electron chi connectivity index (χ1n) is 8.68. The van der Waals surface area contributed by atoms with Crippen LogP contribution in [0.3, 0.4) is 0 Å². The molecule has 0 saturated carbocycles. The van der Waals surface area contributed by atoms with E-state index >= 15 is 0 Å². The molecule has 0 spiro atoms. The van der Waals surface area contributed by atoms with E-state index < -0.39 is 16.8 Å². The third-order valence-electron chi connectivity index (χ3n) is 4.29. The standard InChI is InChI=1S/C21H18N2O5/c1-3-28-21(25)19-14(2)22(16-9-5-4-6-10-16)20(24)18(19)13-15-8-7-11-17(12-15)23(26)27/h4-13H,3H2,1-2H3/b18-13+. The van der Waals surface area contributed by atoms with Crippen LogP contribution in [-0.2, 0) is 14.3 Å². The molecule has 28 heavy (non-hydrogen) atoms. The highest BCUT2D eigenvalue weighted by atomic mass is 16.6. The number of hydrogen-bond donors (Lipinski definition) is 0. The fraction of sp³-hybridized carbons (Fsp3) is 0.143. The Balaban J connectivity index is 2.13. The lowest BCUT2D eigenvalue weighted by Crippen LogP contribution is -2.24. The highest BCUT2D eigenvalue weighted by Gasteiger charge is 2.38. The van der Waals surface area contributed by atoms with Gasteiger partial charge in [0.05, 0.1) is 22.7 Å². The quantitative estimate of drug-likeness (QED) is 0.341. The number of hydrogen-bond acceptors (Lipinski definition) is 5. The Morgan fingerprint density at radius 3 is 2.54 bits per heavy atom. The number of ether oxygens (including phenoxy) is 1. The Kier molecular flexibility index (Phi) is 5.35. The zero-order valence-corrected chi connectivity index (χ0v) is 15.4. The molecule has 0 radical (unpaired) electrons. The van der Waals surface area contributed by atoms with Gasteiger partial charge >= 0.3 is 5.97 Å². The predicted octanol–water partition coefficient (Wildman–Crippen LogP) is 3.86. The molecule has 142 valence electrons. The van der Waals surface area contributed by atoms with Gasteiger partial charge in [-0.15, -0.1) is 0 Å². The lowest BCUT2D eigenvalue weighted by molar-refractivity contribution is -0.384. The fourth-order valence-electron chi connectivity index (χ4n) is 3.06. The molecule has 0 fully saturated rings. The van der Waals surface area contributed by atoms with E-state index in [1.165, 1.54) is 29.2 Å². The summed E-state index contributed by atoms with van der Waals surface area (Å²) < 4.78 is 5.13. The minimum Gasteiger partial charge on any atom is -0.462 e. The van der Waals surface area contributed by atoms with Crippen molar-refractivity contribution in [2.24, 2.45) is 0 Å². The van der Waals surface area contributed by atoms with Crippen molar-refractivity contribution in [2.45, 2.75) is 13.8 Å². The molecule has 1 heterocycles. The van der Waals surface area contributed by atoms with Gasteiger partial charge in [-0.2, -0.15) is 0 Å². The zero-order chi connectivity index (χ0) is 20.3. The number of esters is 1. The van der Waals surface area contributed by atoms with Gasteiger partial charge in [-0.05, 0) is 37.6 Å². The maximum absolute atomic E-state index is 13.1. The molecule has 1 aliphatic heterocycles. The minimum absolute atomic E-state index is 0.0990. The predicted molar refractivity (Wildman–Crippen MR) is 104 cm³/mol. The minimum atomic E-state index is -0.608. The topological polar surface area (TPSA) is 89.8 Å². The highest BCUT2D eigenvalue weighted by molar-refractivity contribution is 6.23. The number of anilines is 1. The van der Waals surface area contributed by atoms with Crippen molar-refractivity contribution in [3.63, 3.8) is 0 Å². The van der Waals surface area contributed by atoms with Gasteiger partial charge in [0.15, 0.2) is 0 Å². The number of nitro groups is 1. The van der Waals surface area contributed by atoms with Crippen molar-refractivity contribution in [3.05, 3.63) is 87.1 Å². The average molecular weight is 378 g/mol. The average Bonchev–Trinajstić information content (AvgIpc) is 2.92. The van der Waals surface area contributed by atoms with Crippen LogP contribution in [0.2, 0.25) is 0 Å². The zero-order valence-electron chi connectivity index (χ0n) is 15.4. The van der Waals surface area contributed by atoms with Crippen molar-refractivity contribution >= 4 is 29.3 Å². The number of amides is 1. The molecule has 3 rings (SSSR count). The summed E-state index contributed by atoms with van der Waals surface area (Å²) in [6, 6.07) is 14.8. The van der Waals surface area contributed by atoms with Crippen LogP contribution in [0.4, 0.5) is 11.4 Å². The molecule has 2 aromatic rings. The lowest BCUT2D eigenvalue weighted by Gasteiger charge is -2.17. The first kappa shape index (κ1) is 19.0. The Bertz CT molecular complexity index is 1010. The molecule has 0 N–H and O–H groups in total. The van der Waals surface area contributed by atoms with Crippen LogP contribution in [0.15, 0.2) is 71.4 Å². The normalized spacial score (nSPS) is 15.3. The smallest absolute Gasteiger partial charge is 0.340 e. The SMILES string of the molecule is CCOC(=O)C1=C(C)N(c2ccccc2)C(=O)/C1=C/c1cccc([N+](=O)[O-])c1. The summed E-state index contributed by atoms with van der Waals surface area (Å²) in [6.45, 7) is 3.52. The summed E-state index contributed by atoms with van der Waals surface area (Å²) in [6.07, 6.45) is 1.48. The molecule has 0 aliphatic carbocycles. The first-order valence-corrected chi connectivity index (χ1v) is 8.68. The van der Waals surface area contributed by atoms with Gasteiger partial charge in [-0.25, -0.2) is 4.79 Å². The number of non-ortho nitro benzene ring substituents is 1. The molecule has 0 bridgehead atoms. The van der Waals surface area contributed by atoms with E-state index in [4.69, 9.17) is 4.74 Å². The Morgan fingerprint density at radius 2 is 1.89 bits per heavy atom. The molecular formula is C21H18N2O5. The van der Waals surface area contributed by atoms with E-state index in [1.807, 2.05) is 6.07 Å². The maximum Gasteiger partial charge on any atom is 0.340 e. The van der Waals surface area contributed by atoms with Gasteiger partial charge in [0.2, 0.25) is 0 Å². The second-order valence-electron chi connectivity index (χ2n) is 6.07. The highest BCUT2D eigenvalue weighted by Crippen LogP contribution is 2.35. The Hall–Kier alpha value is -3.74. The number of nitrogens with zero attached hydrogens (tertiary/aromatic N) is 2. The van der Waals surface area contributed by atoms with Gasteiger partial charge in [-0.1, -0.05) is 30.3 Å². The van der Waals surface area contributed by atoms with Crippen LogP contribution in [0.1, 0.15) is 19.4 Å². The summed E-state index contributed by atoms with van der Waals surface area (Å²) in [5.41, 5.74) is 1.71. The molecular weight excluding hydrogens is 360 g/mol. The van der Waals surface area contributed by atoms with Crippen LogP contribution in [0.25, 0.3) is 6.08 Å². The summed E-state index contributed by atoms with van der Waals surface area (Å²) in [7, 11) is 0.